The number of nitrogens with two attached hydrogens (primary N) is 1. The Labute approximate surface area is 83.9 Å². The van der Waals surface area contributed by atoms with Crippen LogP contribution in [-0.2, 0) is 0 Å². The normalized spacial score (nSPS) is 21.9. The molecule has 1 aromatic rings. The summed E-state index contributed by atoms with van der Waals surface area (Å²) in [6.45, 7) is 2.14. The number of nitrogens with zero attached hydrogens (tertiary/aromatic N) is 1. The molecule has 76 valence electrons. The summed E-state index contributed by atoms with van der Waals surface area (Å²) in [7, 11) is 0. The smallest absolute Gasteiger partial charge is 0.128 e. The highest BCUT2D eigenvalue weighted by Gasteiger charge is 2.12. The summed E-state index contributed by atoms with van der Waals surface area (Å²) in [5.74, 6) is 1.44. The van der Waals surface area contributed by atoms with Gasteiger partial charge in [-0.25, -0.2) is 4.98 Å². The van der Waals surface area contributed by atoms with Crippen molar-refractivity contribution in [2.24, 2.45) is 0 Å². The molecule has 0 aliphatic carbocycles. The lowest BCUT2D eigenvalue weighted by molar-refractivity contribution is 0.479. The first-order chi connectivity index (χ1) is 6.84. The van der Waals surface area contributed by atoms with Crippen LogP contribution < -0.4 is 16.4 Å². The fraction of sp³-hybridized carbons (Fsp3) is 0.500. The second-order valence-electron chi connectivity index (χ2n) is 3.64. The third-order valence-electron chi connectivity index (χ3n) is 2.42. The molecule has 0 spiro atoms. The molecule has 0 radical (unpaired) electrons. The van der Waals surface area contributed by atoms with Gasteiger partial charge < -0.3 is 16.4 Å². The van der Waals surface area contributed by atoms with Gasteiger partial charge in [0.25, 0.3) is 0 Å². The molecule has 1 aromatic heterocycles. The number of piperidine rings is 1. The quantitative estimate of drug-likeness (QED) is 0.649. The first-order valence-electron chi connectivity index (χ1n) is 5.04. The van der Waals surface area contributed by atoms with Crippen LogP contribution in [0.15, 0.2) is 18.2 Å². The monoisotopic (exact) mass is 192 g/mol. The van der Waals surface area contributed by atoms with E-state index in [1.54, 1.807) is 6.07 Å². The van der Waals surface area contributed by atoms with E-state index in [1.807, 2.05) is 12.1 Å². The molecule has 4 heteroatoms. The minimum absolute atomic E-state index is 0.484. The molecule has 1 aliphatic rings. The Morgan fingerprint density at radius 2 is 2.43 bits per heavy atom. The van der Waals surface area contributed by atoms with E-state index in [0.717, 1.165) is 18.9 Å². The summed E-state index contributed by atoms with van der Waals surface area (Å²) in [6.07, 6.45) is 2.42. The van der Waals surface area contributed by atoms with Crippen molar-refractivity contribution in [3.05, 3.63) is 18.2 Å². The van der Waals surface area contributed by atoms with E-state index in [0.29, 0.717) is 11.9 Å². The lowest BCUT2D eigenvalue weighted by atomic mass is 10.1. The number of rotatable bonds is 2. The lowest BCUT2D eigenvalue weighted by Gasteiger charge is -2.24. The minimum atomic E-state index is 0.484. The van der Waals surface area contributed by atoms with Crippen molar-refractivity contribution in [2.45, 2.75) is 18.9 Å². The predicted octanol–water partition coefficient (Wildman–Crippen LogP) is 0.828. The zero-order valence-electron chi connectivity index (χ0n) is 8.16. The van der Waals surface area contributed by atoms with Gasteiger partial charge in [-0.1, -0.05) is 6.07 Å². The van der Waals surface area contributed by atoms with Crippen molar-refractivity contribution in [3.8, 4) is 0 Å². The average Bonchev–Trinajstić information content (AvgIpc) is 2.19. The molecule has 1 aliphatic heterocycles. The Kier molecular flexibility index (Phi) is 2.84. The van der Waals surface area contributed by atoms with E-state index in [9.17, 15) is 0 Å². The second kappa shape index (κ2) is 4.28. The maximum atomic E-state index is 5.60. The molecule has 0 aromatic carbocycles. The number of anilines is 2. The van der Waals surface area contributed by atoms with Crippen LogP contribution in [0.25, 0.3) is 0 Å². The van der Waals surface area contributed by atoms with Gasteiger partial charge in [0.2, 0.25) is 0 Å². The van der Waals surface area contributed by atoms with Crippen molar-refractivity contribution < 1.29 is 0 Å². The van der Waals surface area contributed by atoms with Crippen LogP contribution in [0, 0.1) is 0 Å². The van der Waals surface area contributed by atoms with Crippen LogP contribution in [0.4, 0.5) is 11.6 Å². The van der Waals surface area contributed by atoms with E-state index in [1.165, 1.54) is 12.8 Å². The van der Waals surface area contributed by atoms with E-state index in [2.05, 4.69) is 15.6 Å². The van der Waals surface area contributed by atoms with Crippen molar-refractivity contribution in [1.82, 2.24) is 10.3 Å². The van der Waals surface area contributed by atoms with Gasteiger partial charge in [-0.15, -0.1) is 0 Å². The topological polar surface area (TPSA) is 63.0 Å². The summed E-state index contributed by atoms with van der Waals surface area (Å²) >= 11 is 0. The Morgan fingerprint density at radius 1 is 1.50 bits per heavy atom. The number of nitrogen functional groups attached to an aromatic ring is 1. The predicted molar refractivity (Wildman–Crippen MR) is 58.2 cm³/mol. The molecule has 4 N–H and O–H groups in total. The third kappa shape index (κ3) is 2.35. The highest BCUT2D eigenvalue weighted by atomic mass is 15.1. The molecule has 2 rings (SSSR count). The molecule has 4 nitrogen and oxygen atoms in total. The maximum Gasteiger partial charge on any atom is 0.128 e. The Balaban J connectivity index is 1.95. The van der Waals surface area contributed by atoms with Crippen LogP contribution >= 0.6 is 0 Å². The Bertz CT molecular complexity index is 294. The van der Waals surface area contributed by atoms with Crippen molar-refractivity contribution in [1.29, 1.82) is 0 Å². The summed E-state index contributed by atoms with van der Waals surface area (Å²) in [4.78, 5) is 4.21. The first kappa shape index (κ1) is 9.27. The van der Waals surface area contributed by atoms with Gasteiger partial charge in [0.1, 0.15) is 11.6 Å². The maximum absolute atomic E-state index is 5.60. The second-order valence-corrected chi connectivity index (χ2v) is 3.64. The van der Waals surface area contributed by atoms with Gasteiger partial charge in [0, 0.05) is 12.6 Å². The van der Waals surface area contributed by atoms with Gasteiger partial charge in [-0.05, 0) is 31.5 Å². The molecular formula is C10H16N4. The number of hydrogen-bond acceptors (Lipinski definition) is 4. The molecule has 0 bridgehead atoms. The molecular weight excluding hydrogens is 176 g/mol. The number of hydrogen-bond donors (Lipinski definition) is 3. The van der Waals surface area contributed by atoms with Gasteiger partial charge >= 0.3 is 0 Å². The van der Waals surface area contributed by atoms with E-state index < -0.39 is 0 Å². The minimum Gasteiger partial charge on any atom is -0.384 e. The molecule has 14 heavy (non-hydrogen) atoms. The summed E-state index contributed by atoms with van der Waals surface area (Å²) < 4.78 is 0. The summed E-state index contributed by atoms with van der Waals surface area (Å²) in [6, 6.07) is 6.15. The number of nitrogens with one attached hydrogen (secondary N) is 2. The highest BCUT2D eigenvalue weighted by molar-refractivity contribution is 5.42. The number of pyridine rings is 1. The standard InChI is InChI=1S/C10H16N4/c11-9-4-1-5-10(14-9)13-8-3-2-6-12-7-8/h1,4-5,8,12H,2-3,6-7H2,(H3,11,13,14). The van der Waals surface area contributed by atoms with Crippen molar-refractivity contribution in [3.63, 3.8) is 0 Å². The van der Waals surface area contributed by atoms with Crippen LogP contribution in [0.3, 0.4) is 0 Å². The molecule has 1 fully saturated rings. The van der Waals surface area contributed by atoms with Crippen molar-refractivity contribution >= 4 is 11.6 Å². The van der Waals surface area contributed by atoms with Gasteiger partial charge in [0.15, 0.2) is 0 Å². The van der Waals surface area contributed by atoms with Gasteiger partial charge in [-0.2, -0.15) is 0 Å². The summed E-state index contributed by atoms with van der Waals surface area (Å²) in [5.41, 5.74) is 5.60. The van der Waals surface area contributed by atoms with Crippen molar-refractivity contribution in [2.75, 3.05) is 24.1 Å². The zero-order valence-corrected chi connectivity index (χ0v) is 8.16. The van der Waals surface area contributed by atoms with Gasteiger partial charge in [-0.3, -0.25) is 0 Å². The molecule has 1 atom stereocenters. The molecule has 0 amide bonds. The fourth-order valence-electron chi connectivity index (χ4n) is 1.72. The fourth-order valence-corrected chi connectivity index (χ4v) is 1.72. The lowest BCUT2D eigenvalue weighted by Crippen LogP contribution is -2.38. The highest BCUT2D eigenvalue weighted by Crippen LogP contribution is 2.11. The van der Waals surface area contributed by atoms with E-state index in [-0.39, 0.29) is 0 Å². The average molecular weight is 192 g/mol. The van der Waals surface area contributed by atoms with Crippen LogP contribution in [0.5, 0.6) is 0 Å². The van der Waals surface area contributed by atoms with E-state index in [4.69, 9.17) is 5.73 Å². The Morgan fingerprint density at radius 3 is 3.14 bits per heavy atom. The van der Waals surface area contributed by atoms with Crippen LogP contribution in [-0.4, -0.2) is 24.1 Å². The van der Waals surface area contributed by atoms with Crippen LogP contribution in [0.2, 0.25) is 0 Å². The van der Waals surface area contributed by atoms with Crippen LogP contribution in [0.1, 0.15) is 12.8 Å². The van der Waals surface area contributed by atoms with E-state index >= 15 is 0 Å². The molecule has 1 unspecified atom stereocenters. The largest absolute Gasteiger partial charge is 0.384 e. The third-order valence-corrected chi connectivity index (χ3v) is 2.42. The SMILES string of the molecule is Nc1cccc(NC2CCCNC2)n1. The van der Waals surface area contributed by atoms with Gasteiger partial charge in [0.05, 0.1) is 0 Å². The number of aromatic nitrogens is 1. The first-order valence-corrected chi connectivity index (χ1v) is 5.04. The molecule has 0 saturated carbocycles. The Hall–Kier alpha value is -1.29. The molecule has 1 saturated heterocycles. The zero-order chi connectivity index (χ0) is 9.80. The summed E-state index contributed by atoms with van der Waals surface area (Å²) in [5, 5.41) is 6.72. The molecule has 2 heterocycles.